The lowest BCUT2D eigenvalue weighted by atomic mass is 10.0. The van der Waals surface area contributed by atoms with Gasteiger partial charge in [-0.2, -0.15) is 0 Å². The van der Waals surface area contributed by atoms with Crippen LogP contribution in [0.25, 0.3) is 0 Å². The Balaban J connectivity index is 1.56. The first-order chi connectivity index (χ1) is 10.3. The van der Waals surface area contributed by atoms with E-state index in [1.807, 2.05) is 24.3 Å². The van der Waals surface area contributed by atoms with E-state index in [2.05, 4.69) is 5.32 Å². The SMILES string of the molecule is NCc1ccc(OCC(=O)NCCCC2CCCC2)cc1. The summed E-state index contributed by atoms with van der Waals surface area (Å²) in [7, 11) is 0. The van der Waals surface area contributed by atoms with Gasteiger partial charge in [0.1, 0.15) is 5.75 Å². The normalized spacial score (nSPS) is 15.1. The first-order valence-corrected chi connectivity index (χ1v) is 7.96. The first-order valence-electron chi connectivity index (χ1n) is 7.96. The molecule has 0 aliphatic heterocycles. The number of hydrogen-bond donors (Lipinski definition) is 2. The van der Waals surface area contributed by atoms with Gasteiger partial charge in [0, 0.05) is 13.1 Å². The molecule has 1 fully saturated rings. The van der Waals surface area contributed by atoms with Gasteiger partial charge in [0.15, 0.2) is 6.61 Å². The van der Waals surface area contributed by atoms with Crippen molar-refractivity contribution in [1.82, 2.24) is 5.32 Å². The first kappa shape index (κ1) is 15.8. The zero-order valence-electron chi connectivity index (χ0n) is 12.6. The molecule has 0 radical (unpaired) electrons. The Hall–Kier alpha value is -1.55. The zero-order valence-corrected chi connectivity index (χ0v) is 12.6. The molecule has 1 aromatic carbocycles. The molecule has 1 aromatic rings. The van der Waals surface area contributed by atoms with Crippen molar-refractivity contribution in [2.45, 2.75) is 45.1 Å². The molecule has 1 aliphatic carbocycles. The Bertz CT molecular complexity index is 425. The summed E-state index contributed by atoms with van der Waals surface area (Å²) < 4.78 is 5.44. The van der Waals surface area contributed by atoms with Gasteiger partial charge >= 0.3 is 0 Å². The van der Waals surface area contributed by atoms with Crippen LogP contribution in [0.1, 0.15) is 44.1 Å². The summed E-state index contributed by atoms with van der Waals surface area (Å²) in [5, 5.41) is 2.92. The Morgan fingerprint density at radius 1 is 1.24 bits per heavy atom. The van der Waals surface area contributed by atoms with Gasteiger partial charge in [-0.25, -0.2) is 0 Å². The minimum absolute atomic E-state index is 0.0516. The van der Waals surface area contributed by atoms with Crippen LogP contribution >= 0.6 is 0 Å². The average Bonchev–Trinajstić information content (AvgIpc) is 3.03. The molecule has 3 N–H and O–H groups in total. The standard InChI is InChI=1S/C17H26N2O2/c18-12-15-7-9-16(10-8-15)21-13-17(20)19-11-3-6-14-4-1-2-5-14/h7-10,14H,1-6,11-13,18H2,(H,19,20). The van der Waals surface area contributed by atoms with E-state index in [1.54, 1.807) is 0 Å². The number of hydrogen-bond acceptors (Lipinski definition) is 3. The largest absolute Gasteiger partial charge is 0.484 e. The summed E-state index contributed by atoms with van der Waals surface area (Å²) in [6.45, 7) is 1.35. The van der Waals surface area contributed by atoms with E-state index < -0.39 is 0 Å². The summed E-state index contributed by atoms with van der Waals surface area (Å²) in [5.74, 6) is 1.54. The van der Waals surface area contributed by atoms with Crippen LogP contribution in [0.4, 0.5) is 0 Å². The quantitative estimate of drug-likeness (QED) is 0.723. The zero-order chi connectivity index (χ0) is 14.9. The Labute approximate surface area is 127 Å². The maximum Gasteiger partial charge on any atom is 0.257 e. The second-order valence-corrected chi connectivity index (χ2v) is 5.78. The summed E-state index contributed by atoms with van der Waals surface area (Å²) in [6, 6.07) is 7.51. The van der Waals surface area contributed by atoms with Gasteiger partial charge in [0.25, 0.3) is 5.91 Å². The molecule has 0 heterocycles. The number of carbonyl (C=O) groups excluding carboxylic acids is 1. The summed E-state index contributed by atoms with van der Waals surface area (Å²) >= 11 is 0. The summed E-state index contributed by atoms with van der Waals surface area (Å²) in [5.41, 5.74) is 6.58. The predicted molar refractivity (Wildman–Crippen MR) is 84.0 cm³/mol. The molecule has 21 heavy (non-hydrogen) atoms. The number of ether oxygens (including phenoxy) is 1. The van der Waals surface area contributed by atoms with Crippen molar-refractivity contribution in [2.75, 3.05) is 13.2 Å². The van der Waals surface area contributed by atoms with Crippen molar-refractivity contribution in [3.05, 3.63) is 29.8 Å². The second kappa shape index (κ2) is 8.67. The van der Waals surface area contributed by atoms with Crippen molar-refractivity contribution in [3.63, 3.8) is 0 Å². The molecule has 0 unspecified atom stereocenters. The molecule has 0 saturated heterocycles. The fourth-order valence-electron chi connectivity index (χ4n) is 2.84. The Morgan fingerprint density at radius 2 is 1.95 bits per heavy atom. The van der Waals surface area contributed by atoms with E-state index in [-0.39, 0.29) is 12.5 Å². The van der Waals surface area contributed by atoms with Crippen molar-refractivity contribution < 1.29 is 9.53 Å². The van der Waals surface area contributed by atoms with E-state index in [0.29, 0.717) is 12.3 Å². The molecule has 0 bridgehead atoms. The predicted octanol–water partition coefficient (Wildman–Crippen LogP) is 2.61. The van der Waals surface area contributed by atoms with E-state index in [4.69, 9.17) is 10.5 Å². The van der Waals surface area contributed by atoms with Crippen LogP contribution in [0.3, 0.4) is 0 Å². The molecule has 2 rings (SSSR count). The van der Waals surface area contributed by atoms with Crippen LogP contribution in [0.5, 0.6) is 5.75 Å². The minimum Gasteiger partial charge on any atom is -0.484 e. The molecule has 0 spiro atoms. The molecule has 4 heteroatoms. The highest BCUT2D eigenvalue weighted by Crippen LogP contribution is 2.28. The summed E-state index contributed by atoms with van der Waals surface area (Å²) in [4.78, 5) is 11.7. The highest BCUT2D eigenvalue weighted by molar-refractivity contribution is 5.77. The summed E-state index contributed by atoms with van der Waals surface area (Å²) in [6.07, 6.45) is 7.82. The highest BCUT2D eigenvalue weighted by atomic mass is 16.5. The van der Waals surface area contributed by atoms with Crippen LogP contribution < -0.4 is 15.8 Å². The van der Waals surface area contributed by atoms with Gasteiger partial charge in [-0.3, -0.25) is 4.79 Å². The lowest BCUT2D eigenvalue weighted by Crippen LogP contribution is -2.29. The molecule has 1 amide bonds. The number of amides is 1. The Morgan fingerprint density at radius 3 is 2.62 bits per heavy atom. The van der Waals surface area contributed by atoms with Gasteiger partial charge in [-0.15, -0.1) is 0 Å². The van der Waals surface area contributed by atoms with Gasteiger partial charge in [0.05, 0.1) is 0 Å². The maximum atomic E-state index is 11.7. The van der Waals surface area contributed by atoms with Gasteiger partial charge in [0.2, 0.25) is 0 Å². The van der Waals surface area contributed by atoms with Crippen LogP contribution in [-0.2, 0) is 11.3 Å². The third kappa shape index (κ3) is 5.76. The monoisotopic (exact) mass is 290 g/mol. The minimum atomic E-state index is -0.0516. The molecular weight excluding hydrogens is 264 g/mol. The Kier molecular flexibility index (Phi) is 6.54. The number of rotatable bonds is 8. The third-order valence-corrected chi connectivity index (χ3v) is 4.12. The number of nitrogens with two attached hydrogens (primary N) is 1. The number of carbonyl (C=O) groups is 1. The van der Waals surface area contributed by atoms with Crippen molar-refractivity contribution >= 4 is 5.91 Å². The van der Waals surface area contributed by atoms with Gasteiger partial charge in [-0.05, 0) is 36.5 Å². The average molecular weight is 290 g/mol. The highest BCUT2D eigenvalue weighted by Gasteiger charge is 2.14. The van der Waals surface area contributed by atoms with Gasteiger partial charge < -0.3 is 15.8 Å². The van der Waals surface area contributed by atoms with Crippen molar-refractivity contribution in [2.24, 2.45) is 11.7 Å². The molecule has 1 aliphatic rings. The maximum absolute atomic E-state index is 11.7. The van der Waals surface area contributed by atoms with Crippen molar-refractivity contribution in [3.8, 4) is 5.75 Å². The molecule has 0 aromatic heterocycles. The molecule has 0 atom stereocenters. The lowest BCUT2D eigenvalue weighted by Gasteiger charge is -2.10. The fraction of sp³-hybridized carbons (Fsp3) is 0.588. The van der Waals surface area contributed by atoms with Gasteiger partial charge in [-0.1, -0.05) is 37.8 Å². The van der Waals surface area contributed by atoms with Crippen molar-refractivity contribution in [1.29, 1.82) is 0 Å². The van der Waals surface area contributed by atoms with Crippen LogP contribution in [0, 0.1) is 5.92 Å². The van der Waals surface area contributed by atoms with Crippen LogP contribution in [0.2, 0.25) is 0 Å². The molecule has 116 valence electrons. The van der Waals surface area contributed by atoms with Crippen LogP contribution in [-0.4, -0.2) is 19.1 Å². The molecule has 1 saturated carbocycles. The van der Waals surface area contributed by atoms with Crippen LogP contribution in [0.15, 0.2) is 24.3 Å². The fourth-order valence-corrected chi connectivity index (χ4v) is 2.84. The van der Waals surface area contributed by atoms with E-state index in [9.17, 15) is 4.79 Å². The topological polar surface area (TPSA) is 64.3 Å². The number of benzene rings is 1. The van der Waals surface area contributed by atoms with E-state index in [0.717, 1.165) is 24.4 Å². The molecule has 4 nitrogen and oxygen atoms in total. The second-order valence-electron chi connectivity index (χ2n) is 5.78. The lowest BCUT2D eigenvalue weighted by molar-refractivity contribution is -0.123. The van der Waals surface area contributed by atoms with E-state index in [1.165, 1.54) is 32.1 Å². The van der Waals surface area contributed by atoms with E-state index >= 15 is 0 Å². The smallest absolute Gasteiger partial charge is 0.257 e. The third-order valence-electron chi connectivity index (χ3n) is 4.12. The number of nitrogens with one attached hydrogen (secondary N) is 1. The molecular formula is C17H26N2O2.